The lowest BCUT2D eigenvalue weighted by atomic mass is 10.1. The average Bonchev–Trinajstić information content (AvgIpc) is 2.13. The molecule has 0 aromatic carbocycles. The van der Waals surface area contributed by atoms with Crippen LogP contribution in [0.4, 0.5) is 4.79 Å². The first-order chi connectivity index (χ1) is 7.17. The summed E-state index contributed by atoms with van der Waals surface area (Å²) < 4.78 is 0. The molecule has 0 saturated heterocycles. The number of hydrogen-bond acceptors (Lipinski definition) is 2. The van der Waals surface area contributed by atoms with Gasteiger partial charge >= 0.3 is 6.03 Å². The molecule has 2 N–H and O–H groups in total. The molecule has 0 heterocycles. The number of nitrogens with one attached hydrogen (secondary N) is 2. The van der Waals surface area contributed by atoms with E-state index in [2.05, 4.69) is 10.6 Å². The number of urea groups is 1. The Hall–Kier alpha value is -1.26. The molecule has 5 heteroatoms. The molecule has 0 radical (unpaired) electrons. The lowest BCUT2D eigenvalue weighted by Crippen LogP contribution is -2.52. The molecule has 0 aromatic heterocycles. The molecule has 1 atom stereocenters. The first kappa shape index (κ1) is 14.7. The van der Waals surface area contributed by atoms with Gasteiger partial charge < -0.3 is 15.5 Å². The van der Waals surface area contributed by atoms with E-state index in [0.717, 1.165) is 0 Å². The smallest absolute Gasteiger partial charge is 0.317 e. The Kier molecular flexibility index (Phi) is 5.27. The molecule has 0 aliphatic heterocycles. The molecular formula is C11H23N3O2. The van der Waals surface area contributed by atoms with Crippen LogP contribution in [0.1, 0.15) is 34.6 Å². The number of carbonyl (C=O) groups excluding carboxylic acids is 2. The average molecular weight is 229 g/mol. The maximum Gasteiger partial charge on any atom is 0.317 e. The summed E-state index contributed by atoms with van der Waals surface area (Å²) >= 11 is 0. The van der Waals surface area contributed by atoms with Crippen LogP contribution < -0.4 is 10.6 Å². The Bertz CT molecular complexity index is 258. The second kappa shape index (κ2) is 5.72. The van der Waals surface area contributed by atoms with Gasteiger partial charge in [-0.3, -0.25) is 4.79 Å². The van der Waals surface area contributed by atoms with Crippen LogP contribution in [0.2, 0.25) is 0 Å². The van der Waals surface area contributed by atoms with Crippen LogP contribution >= 0.6 is 0 Å². The molecular weight excluding hydrogens is 206 g/mol. The van der Waals surface area contributed by atoms with E-state index in [9.17, 15) is 9.59 Å². The highest BCUT2D eigenvalue weighted by Gasteiger charge is 2.21. The zero-order valence-corrected chi connectivity index (χ0v) is 11.0. The minimum absolute atomic E-state index is 0.176. The molecule has 3 amide bonds. The lowest BCUT2D eigenvalue weighted by molar-refractivity contribution is -0.124. The SMILES string of the molecule is CCN(C)C(=O)NC(C)C(=O)NC(C)(C)C. The molecule has 1 unspecified atom stereocenters. The summed E-state index contributed by atoms with van der Waals surface area (Å²) in [4.78, 5) is 24.7. The van der Waals surface area contributed by atoms with Crippen molar-refractivity contribution in [2.24, 2.45) is 0 Å². The van der Waals surface area contributed by atoms with Gasteiger partial charge in [-0.05, 0) is 34.6 Å². The van der Waals surface area contributed by atoms with Crippen LogP contribution in [0.25, 0.3) is 0 Å². The second-order valence-electron chi connectivity index (χ2n) is 4.92. The van der Waals surface area contributed by atoms with E-state index < -0.39 is 6.04 Å². The van der Waals surface area contributed by atoms with Crippen LogP contribution in [0.5, 0.6) is 0 Å². The third-order valence-electron chi connectivity index (χ3n) is 2.05. The van der Waals surface area contributed by atoms with Crippen molar-refractivity contribution in [1.29, 1.82) is 0 Å². The van der Waals surface area contributed by atoms with Gasteiger partial charge in [-0.1, -0.05) is 0 Å². The Morgan fingerprint density at radius 3 is 2.19 bits per heavy atom. The highest BCUT2D eigenvalue weighted by atomic mass is 16.2. The predicted molar refractivity (Wildman–Crippen MR) is 64.2 cm³/mol. The zero-order valence-electron chi connectivity index (χ0n) is 11.0. The standard InChI is InChI=1S/C11H23N3O2/c1-7-14(6)10(16)12-8(2)9(15)13-11(3,4)5/h8H,7H2,1-6H3,(H,12,16)(H,13,15). The highest BCUT2D eigenvalue weighted by Crippen LogP contribution is 1.99. The maximum absolute atomic E-state index is 11.7. The van der Waals surface area contributed by atoms with Crippen LogP contribution in [0.15, 0.2) is 0 Å². The van der Waals surface area contributed by atoms with Crippen molar-refractivity contribution in [2.45, 2.75) is 46.2 Å². The lowest BCUT2D eigenvalue weighted by Gasteiger charge is -2.25. The van der Waals surface area contributed by atoms with Gasteiger partial charge in [0.1, 0.15) is 6.04 Å². The third-order valence-corrected chi connectivity index (χ3v) is 2.05. The van der Waals surface area contributed by atoms with E-state index in [1.807, 2.05) is 27.7 Å². The van der Waals surface area contributed by atoms with E-state index in [1.54, 1.807) is 14.0 Å². The summed E-state index contributed by atoms with van der Waals surface area (Å²) in [7, 11) is 1.68. The van der Waals surface area contributed by atoms with Crippen molar-refractivity contribution >= 4 is 11.9 Å². The van der Waals surface area contributed by atoms with Crippen molar-refractivity contribution < 1.29 is 9.59 Å². The van der Waals surface area contributed by atoms with E-state index in [1.165, 1.54) is 4.90 Å². The van der Waals surface area contributed by atoms with Gasteiger partial charge in [0.2, 0.25) is 5.91 Å². The Morgan fingerprint density at radius 2 is 1.81 bits per heavy atom. The monoisotopic (exact) mass is 229 g/mol. The van der Waals surface area contributed by atoms with Crippen molar-refractivity contribution in [2.75, 3.05) is 13.6 Å². The topological polar surface area (TPSA) is 61.4 Å². The first-order valence-electron chi connectivity index (χ1n) is 5.51. The quantitative estimate of drug-likeness (QED) is 0.757. The van der Waals surface area contributed by atoms with Crippen molar-refractivity contribution in [1.82, 2.24) is 15.5 Å². The van der Waals surface area contributed by atoms with Crippen LogP contribution in [-0.2, 0) is 4.79 Å². The largest absolute Gasteiger partial charge is 0.350 e. The van der Waals surface area contributed by atoms with Gasteiger partial charge in [0, 0.05) is 19.1 Å². The van der Waals surface area contributed by atoms with Gasteiger partial charge in [-0.25, -0.2) is 4.79 Å². The molecule has 0 fully saturated rings. The van der Waals surface area contributed by atoms with E-state index >= 15 is 0 Å². The molecule has 0 aliphatic carbocycles. The van der Waals surface area contributed by atoms with Crippen LogP contribution in [0, 0.1) is 0 Å². The maximum atomic E-state index is 11.7. The molecule has 5 nitrogen and oxygen atoms in total. The van der Waals surface area contributed by atoms with Crippen LogP contribution in [0.3, 0.4) is 0 Å². The number of nitrogens with zero attached hydrogens (tertiary/aromatic N) is 1. The van der Waals surface area contributed by atoms with Gasteiger partial charge in [0.15, 0.2) is 0 Å². The predicted octanol–water partition coefficient (Wildman–Crippen LogP) is 0.951. The molecule has 0 aromatic rings. The Balaban J connectivity index is 4.21. The molecule has 0 saturated carbocycles. The summed E-state index contributed by atoms with van der Waals surface area (Å²) in [5.41, 5.74) is -0.285. The van der Waals surface area contributed by atoms with Gasteiger partial charge in [0.25, 0.3) is 0 Å². The third kappa shape index (κ3) is 5.58. The fourth-order valence-electron chi connectivity index (χ4n) is 0.982. The van der Waals surface area contributed by atoms with E-state index in [0.29, 0.717) is 6.54 Å². The van der Waals surface area contributed by atoms with E-state index in [4.69, 9.17) is 0 Å². The number of amides is 3. The fraction of sp³-hybridized carbons (Fsp3) is 0.818. The summed E-state index contributed by atoms with van der Waals surface area (Å²) in [6.07, 6.45) is 0. The number of hydrogen-bond donors (Lipinski definition) is 2. The summed E-state index contributed by atoms with van der Waals surface area (Å²) in [5, 5.41) is 5.44. The molecule has 0 spiro atoms. The fourth-order valence-corrected chi connectivity index (χ4v) is 0.982. The van der Waals surface area contributed by atoms with Crippen molar-refractivity contribution in [3.05, 3.63) is 0 Å². The number of carbonyl (C=O) groups is 2. The Labute approximate surface area is 97.6 Å². The zero-order chi connectivity index (χ0) is 12.9. The van der Waals surface area contributed by atoms with Gasteiger partial charge in [-0.2, -0.15) is 0 Å². The van der Waals surface area contributed by atoms with Crippen LogP contribution in [-0.4, -0.2) is 42.0 Å². The van der Waals surface area contributed by atoms with E-state index in [-0.39, 0.29) is 17.5 Å². The molecule has 94 valence electrons. The summed E-state index contributed by atoms with van der Waals surface area (Å²) in [6, 6.07) is -0.764. The Morgan fingerprint density at radius 1 is 1.31 bits per heavy atom. The van der Waals surface area contributed by atoms with Crippen molar-refractivity contribution in [3.8, 4) is 0 Å². The van der Waals surface area contributed by atoms with Crippen molar-refractivity contribution in [3.63, 3.8) is 0 Å². The molecule has 0 aliphatic rings. The summed E-state index contributed by atoms with van der Waals surface area (Å²) in [5.74, 6) is -0.176. The summed E-state index contributed by atoms with van der Waals surface area (Å²) in [6.45, 7) is 9.86. The first-order valence-corrected chi connectivity index (χ1v) is 5.51. The normalized spacial score (nSPS) is 12.9. The number of rotatable bonds is 3. The molecule has 0 bridgehead atoms. The minimum atomic E-state index is -0.527. The second-order valence-corrected chi connectivity index (χ2v) is 4.92. The van der Waals surface area contributed by atoms with Gasteiger partial charge in [-0.15, -0.1) is 0 Å². The highest BCUT2D eigenvalue weighted by molar-refractivity contribution is 5.86. The minimum Gasteiger partial charge on any atom is -0.350 e. The molecule has 0 rings (SSSR count). The van der Waals surface area contributed by atoms with Gasteiger partial charge in [0.05, 0.1) is 0 Å². The molecule has 16 heavy (non-hydrogen) atoms.